The smallest absolute Gasteiger partial charge is 0.181 e. The lowest BCUT2D eigenvalue weighted by Gasteiger charge is -2.10. The molecule has 30 heavy (non-hydrogen) atoms. The Hall–Kier alpha value is -3.80. The van der Waals surface area contributed by atoms with Gasteiger partial charge in [0.15, 0.2) is 11.6 Å². The van der Waals surface area contributed by atoms with Crippen LogP contribution >= 0.6 is 0 Å². The summed E-state index contributed by atoms with van der Waals surface area (Å²) < 4.78 is 0. The van der Waals surface area contributed by atoms with Crippen LogP contribution in [0.4, 0.5) is 22.7 Å². The van der Waals surface area contributed by atoms with E-state index in [9.17, 15) is 9.59 Å². The topological polar surface area (TPSA) is 110 Å². The lowest BCUT2D eigenvalue weighted by Crippen LogP contribution is -2.15. The molecule has 0 saturated carbocycles. The minimum Gasteiger partial charge on any atom is -0.398 e. The van der Waals surface area contributed by atoms with Crippen molar-refractivity contribution in [3.8, 4) is 0 Å². The van der Waals surface area contributed by atoms with E-state index in [1.807, 2.05) is 50.2 Å². The fourth-order valence-corrected chi connectivity index (χ4v) is 2.90. The Labute approximate surface area is 176 Å². The van der Waals surface area contributed by atoms with Crippen LogP contribution in [0.3, 0.4) is 0 Å². The molecule has 0 spiro atoms. The summed E-state index contributed by atoms with van der Waals surface area (Å²) in [6.45, 7) is 4.15. The van der Waals surface area contributed by atoms with Gasteiger partial charge in [0.2, 0.25) is 0 Å². The van der Waals surface area contributed by atoms with E-state index in [2.05, 4.69) is 10.6 Å². The molecule has 0 atom stereocenters. The maximum Gasteiger partial charge on any atom is 0.181 e. The van der Waals surface area contributed by atoms with Crippen LogP contribution in [0.15, 0.2) is 60.7 Å². The van der Waals surface area contributed by atoms with E-state index in [1.165, 1.54) is 0 Å². The average molecular weight is 402 g/mol. The number of benzene rings is 3. The number of aryl methyl sites for hydroxylation is 2. The lowest BCUT2D eigenvalue weighted by molar-refractivity contribution is 0.0998. The van der Waals surface area contributed by atoms with Gasteiger partial charge in [-0.2, -0.15) is 0 Å². The van der Waals surface area contributed by atoms with Crippen LogP contribution in [0, 0.1) is 13.8 Å². The number of anilines is 4. The normalized spacial score (nSPS) is 10.5. The van der Waals surface area contributed by atoms with Crippen molar-refractivity contribution in [2.75, 3.05) is 35.2 Å². The Balaban J connectivity index is 1.52. The van der Waals surface area contributed by atoms with Crippen molar-refractivity contribution in [1.29, 1.82) is 0 Å². The summed E-state index contributed by atoms with van der Waals surface area (Å²) >= 11 is 0. The van der Waals surface area contributed by atoms with E-state index in [4.69, 9.17) is 11.5 Å². The number of hydrogen-bond acceptors (Lipinski definition) is 6. The van der Waals surface area contributed by atoms with Gasteiger partial charge in [-0.25, -0.2) is 0 Å². The van der Waals surface area contributed by atoms with Crippen molar-refractivity contribution in [3.05, 3.63) is 82.9 Å². The first-order valence-electron chi connectivity index (χ1n) is 9.70. The highest BCUT2D eigenvalue weighted by molar-refractivity contribution is 6.00. The summed E-state index contributed by atoms with van der Waals surface area (Å²) in [5.41, 5.74) is 17.7. The van der Waals surface area contributed by atoms with Gasteiger partial charge in [0, 0.05) is 33.9 Å². The average Bonchev–Trinajstić information content (AvgIpc) is 2.74. The fraction of sp³-hybridized carbons (Fsp3) is 0.167. The molecular weight excluding hydrogens is 376 g/mol. The molecule has 0 fully saturated rings. The number of nitrogens with two attached hydrogens (primary N) is 2. The van der Waals surface area contributed by atoms with Crippen molar-refractivity contribution in [3.63, 3.8) is 0 Å². The van der Waals surface area contributed by atoms with E-state index in [0.717, 1.165) is 22.5 Å². The second-order valence-corrected chi connectivity index (χ2v) is 7.27. The number of nitrogens with one attached hydrogen (secondary N) is 2. The minimum atomic E-state index is -0.0353. The van der Waals surface area contributed by atoms with E-state index in [0.29, 0.717) is 22.5 Å². The molecular formula is C24H26N4O2. The second-order valence-electron chi connectivity index (χ2n) is 7.27. The monoisotopic (exact) mass is 402 g/mol. The van der Waals surface area contributed by atoms with Gasteiger partial charge in [0.25, 0.3) is 0 Å². The molecule has 0 unspecified atom stereocenters. The number of nitrogen functional groups attached to an aromatic ring is 2. The number of ketones is 2. The van der Waals surface area contributed by atoms with Gasteiger partial charge in [0.05, 0.1) is 13.1 Å². The highest BCUT2D eigenvalue weighted by Gasteiger charge is 2.09. The maximum atomic E-state index is 12.3. The Morgan fingerprint density at radius 1 is 0.667 bits per heavy atom. The lowest BCUT2D eigenvalue weighted by atomic mass is 10.1. The molecule has 0 aliphatic carbocycles. The van der Waals surface area contributed by atoms with E-state index in [1.54, 1.807) is 24.3 Å². The second kappa shape index (κ2) is 9.13. The predicted molar refractivity (Wildman–Crippen MR) is 123 cm³/mol. The van der Waals surface area contributed by atoms with E-state index < -0.39 is 0 Å². The number of carbonyl (C=O) groups is 2. The number of Topliss-reactive ketones (excluding diaryl/α,β-unsaturated/α-hetero) is 2. The Morgan fingerprint density at radius 2 is 1.03 bits per heavy atom. The molecule has 6 N–H and O–H groups in total. The first kappa shape index (κ1) is 20.9. The van der Waals surface area contributed by atoms with Gasteiger partial charge in [0.1, 0.15) is 0 Å². The molecule has 6 nitrogen and oxygen atoms in total. The predicted octanol–water partition coefficient (Wildman–Crippen LogP) is 4.06. The fourth-order valence-electron chi connectivity index (χ4n) is 2.90. The molecule has 0 aliphatic heterocycles. The van der Waals surface area contributed by atoms with Crippen molar-refractivity contribution in [2.24, 2.45) is 0 Å². The third-order valence-electron chi connectivity index (χ3n) is 4.99. The number of rotatable bonds is 8. The third-order valence-corrected chi connectivity index (χ3v) is 4.99. The summed E-state index contributed by atoms with van der Waals surface area (Å²) in [5.74, 6) is -0.0706. The summed E-state index contributed by atoms with van der Waals surface area (Å²) in [7, 11) is 0. The largest absolute Gasteiger partial charge is 0.398 e. The quantitative estimate of drug-likeness (QED) is 0.334. The van der Waals surface area contributed by atoms with Crippen LogP contribution in [-0.4, -0.2) is 24.7 Å². The maximum absolute atomic E-state index is 12.3. The van der Waals surface area contributed by atoms with Crippen LogP contribution < -0.4 is 22.1 Å². The van der Waals surface area contributed by atoms with Gasteiger partial charge in [-0.3, -0.25) is 9.59 Å². The van der Waals surface area contributed by atoms with Gasteiger partial charge in [-0.15, -0.1) is 0 Å². The van der Waals surface area contributed by atoms with Gasteiger partial charge >= 0.3 is 0 Å². The minimum absolute atomic E-state index is 0.0353. The van der Waals surface area contributed by atoms with Crippen molar-refractivity contribution in [2.45, 2.75) is 13.8 Å². The Kier molecular flexibility index (Phi) is 6.37. The molecule has 3 rings (SSSR count). The van der Waals surface area contributed by atoms with E-state index >= 15 is 0 Å². The SMILES string of the molecule is Cc1ccc(C(=O)CNc2ccc(NCC(=O)c3ccc(C)c(N)c3)cc2)cc1N. The highest BCUT2D eigenvalue weighted by Crippen LogP contribution is 2.17. The molecule has 6 heteroatoms. The molecule has 0 bridgehead atoms. The third kappa shape index (κ3) is 5.17. The summed E-state index contributed by atoms with van der Waals surface area (Å²) in [5, 5.41) is 6.21. The molecule has 3 aromatic rings. The van der Waals surface area contributed by atoms with Crippen molar-refractivity contribution < 1.29 is 9.59 Å². The molecule has 0 saturated heterocycles. The first-order chi connectivity index (χ1) is 14.3. The standard InChI is InChI=1S/C24H26N4O2/c1-15-3-5-17(11-21(15)25)23(29)13-27-19-7-9-20(10-8-19)28-14-24(30)18-6-4-16(2)22(26)12-18/h3-12,27-28H,13-14,25-26H2,1-2H3. The zero-order chi connectivity index (χ0) is 21.7. The van der Waals surface area contributed by atoms with Gasteiger partial charge in [-0.1, -0.05) is 24.3 Å². The van der Waals surface area contributed by atoms with Crippen molar-refractivity contribution in [1.82, 2.24) is 0 Å². The van der Waals surface area contributed by atoms with Gasteiger partial charge in [-0.05, 0) is 61.4 Å². The Bertz CT molecular complexity index is 989. The van der Waals surface area contributed by atoms with E-state index in [-0.39, 0.29) is 24.7 Å². The molecule has 0 radical (unpaired) electrons. The molecule has 0 heterocycles. The summed E-state index contributed by atoms with van der Waals surface area (Å²) in [6.07, 6.45) is 0. The Morgan fingerprint density at radius 3 is 1.37 bits per heavy atom. The van der Waals surface area contributed by atoms with Crippen LogP contribution in [0.2, 0.25) is 0 Å². The molecule has 154 valence electrons. The zero-order valence-corrected chi connectivity index (χ0v) is 17.2. The van der Waals surface area contributed by atoms with Crippen LogP contribution in [0.5, 0.6) is 0 Å². The summed E-state index contributed by atoms with van der Waals surface area (Å²) in [6, 6.07) is 18.1. The number of carbonyl (C=O) groups excluding carboxylic acids is 2. The van der Waals surface area contributed by atoms with Gasteiger partial charge < -0.3 is 22.1 Å². The molecule has 0 aromatic heterocycles. The highest BCUT2D eigenvalue weighted by atomic mass is 16.1. The number of hydrogen-bond donors (Lipinski definition) is 4. The van der Waals surface area contributed by atoms with Crippen LogP contribution in [0.1, 0.15) is 31.8 Å². The van der Waals surface area contributed by atoms with Crippen LogP contribution in [0.25, 0.3) is 0 Å². The zero-order valence-electron chi connectivity index (χ0n) is 17.2. The van der Waals surface area contributed by atoms with Crippen LogP contribution in [-0.2, 0) is 0 Å². The molecule has 3 aromatic carbocycles. The first-order valence-corrected chi connectivity index (χ1v) is 9.70. The molecule has 0 aliphatic rings. The van der Waals surface area contributed by atoms with Crippen molar-refractivity contribution >= 4 is 34.3 Å². The summed E-state index contributed by atoms with van der Waals surface area (Å²) in [4.78, 5) is 24.7. The molecule has 0 amide bonds.